The molecule has 0 bridgehead atoms. The first-order chi connectivity index (χ1) is 14.1. The van der Waals surface area contributed by atoms with Gasteiger partial charge in [0.05, 0.1) is 5.41 Å². The van der Waals surface area contributed by atoms with Crippen LogP contribution in [0.15, 0.2) is 60.7 Å². The number of piperidine rings is 1. The molecule has 0 aliphatic carbocycles. The third-order valence-corrected chi connectivity index (χ3v) is 5.40. The predicted molar refractivity (Wildman–Crippen MR) is 110 cm³/mol. The Morgan fingerprint density at radius 2 is 1.48 bits per heavy atom. The van der Waals surface area contributed by atoms with Gasteiger partial charge in [0, 0.05) is 32.5 Å². The van der Waals surface area contributed by atoms with Crippen LogP contribution in [0.2, 0.25) is 0 Å². The number of carbonyl (C=O) groups is 3. The van der Waals surface area contributed by atoms with E-state index >= 15 is 0 Å². The second kappa shape index (κ2) is 9.87. The lowest BCUT2D eigenvalue weighted by molar-refractivity contribution is -0.136. The zero-order chi connectivity index (χ0) is 20.5. The molecule has 1 fully saturated rings. The van der Waals surface area contributed by atoms with Gasteiger partial charge in [-0.3, -0.25) is 14.4 Å². The number of hydrogen-bond acceptors (Lipinski definition) is 3. The van der Waals surface area contributed by atoms with E-state index in [9.17, 15) is 14.4 Å². The third kappa shape index (κ3) is 5.91. The van der Waals surface area contributed by atoms with E-state index in [1.165, 1.54) is 0 Å². The normalized spacial score (nSPS) is 18.6. The molecule has 0 spiro atoms. The minimum absolute atomic E-state index is 0.0509. The van der Waals surface area contributed by atoms with Gasteiger partial charge < -0.3 is 16.0 Å². The summed E-state index contributed by atoms with van der Waals surface area (Å²) in [6, 6.07) is 19.4. The zero-order valence-corrected chi connectivity index (χ0v) is 16.4. The standard InChI is InChI=1S/C23H27N3O3/c27-20(24-15-18-7-3-1-4-8-18)11-13-23(14-12-21(28)26-17-23)22(29)25-16-19-9-5-2-6-10-19/h1-10H,11-17H2,(H,24,27)(H,25,29)(H,26,28). The van der Waals surface area contributed by atoms with E-state index in [4.69, 9.17) is 0 Å². The summed E-state index contributed by atoms with van der Waals surface area (Å²) >= 11 is 0. The van der Waals surface area contributed by atoms with E-state index in [0.717, 1.165) is 11.1 Å². The summed E-state index contributed by atoms with van der Waals surface area (Å²) in [6.45, 7) is 1.15. The highest BCUT2D eigenvalue weighted by atomic mass is 16.2. The summed E-state index contributed by atoms with van der Waals surface area (Å²) in [5, 5.41) is 8.69. The van der Waals surface area contributed by atoms with E-state index < -0.39 is 5.41 Å². The van der Waals surface area contributed by atoms with Crippen LogP contribution in [0.4, 0.5) is 0 Å². The first-order valence-electron chi connectivity index (χ1n) is 9.97. The lowest BCUT2D eigenvalue weighted by Gasteiger charge is -2.35. The summed E-state index contributed by atoms with van der Waals surface area (Å²) in [7, 11) is 0. The summed E-state index contributed by atoms with van der Waals surface area (Å²) in [5.74, 6) is -0.261. The van der Waals surface area contributed by atoms with Crippen LogP contribution < -0.4 is 16.0 Å². The van der Waals surface area contributed by atoms with Crippen LogP contribution >= 0.6 is 0 Å². The molecule has 1 aliphatic heterocycles. The van der Waals surface area contributed by atoms with Crippen molar-refractivity contribution in [1.82, 2.24) is 16.0 Å². The van der Waals surface area contributed by atoms with Crippen molar-refractivity contribution in [2.24, 2.45) is 5.41 Å². The monoisotopic (exact) mass is 393 g/mol. The van der Waals surface area contributed by atoms with Crippen molar-refractivity contribution >= 4 is 17.7 Å². The van der Waals surface area contributed by atoms with E-state index in [2.05, 4.69) is 16.0 Å². The van der Waals surface area contributed by atoms with Gasteiger partial charge >= 0.3 is 0 Å². The molecule has 0 saturated carbocycles. The molecule has 1 atom stereocenters. The Morgan fingerprint density at radius 3 is 2.03 bits per heavy atom. The number of hydrogen-bond donors (Lipinski definition) is 3. The lowest BCUT2D eigenvalue weighted by atomic mass is 9.75. The minimum atomic E-state index is -0.757. The summed E-state index contributed by atoms with van der Waals surface area (Å²) in [5.41, 5.74) is 1.28. The number of rotatable bonds is 8. The smallest absolute Gasteiger partial charge is 0.228 e. The Labute approximate surface area is 171 Å². The Kier molecular flexibility index (Phi) is 7.00. The molecule has 3 N–H and O–H groups in total. The highest BCUT2D eigenvalue weighted by molar-refractivity contribution is 5.87. The van der Waals surface area contributed by atoms with E-state index in [1.54, 1.807) is 0 Å². The van der Waals surface area contributed by atoms with E-state index in [0.29, 0.717) is 32.4 Å². The van der Waals surface area contributed by atoms with Gasteiger partial charge in [-0.25, -0.2) is 0 Å². The largest absolute Gasteiger partial charge is 0.355 e. The highest BCUT2D eigenvalue weighted by Crippen LogP contribution is 2.32. The van der Waals surface area contributed by atoms with Gasteiger partial charge in [-0.1, -0.05) is 60.7 Å². The Bertz CT molecular complexity index is 827. The Morgan fingerprint density at radius 1 is 0.897 bits per heavy atom. The first kappa shape index (κ1) is 20.6. The minimum Gasteiger partial charge on any atom is -0.355 e. The Balaban J connectivity index is 1.56. The summed E-state index contributed by atoms with van der Waals surface area (Å²) in [6.07, 6.45) is 1.38. The zero-order valence-electron chi connectivity index (χ0n) is 16.4. The van der Waals surface area contributed by atoms with Gasteiger partial charge in [0.15, 0.2) is 0 Å². The molecule has 1 saturated heterocycles. The second-order valence-corrected chi connectivity index (χ2v) is 7.49. The van der Waals surface area contributed by atoms with Crippen LogP contribution in [0.3, 0.4) is 0 Å². The fraction of sp³-hybridized carbons (Fsp3) is 0.348. The molecule has 2 aromatic rings. The molecule has 0 aromatic heterocycles. The quantitative estimate of drug-likeness (QED) is 0.643. The van der Waals surface area contributed by atoms with Gasteiger partial charge in [-0.05, 0) is 24.0 Å². The number of carbonyl (C=O) groups excluding carboxylic acids is 3. The highest BCUT2D eigenvalue weighted by Gasteiger charge is 2.41. The molecule has 6 heteroatoms. The van der Waals surface area contributed by atoms with Gasteiger partial charge in [0.25, 0.3) is 0 Å². The van der Waals surface area contributed by atoms with Crippen LogP contribution in [0.25, 0.3) is 0 Å². The molecular formula is C23H27N3O3. The van der Waals surface area contributed by atoms with Crippen LogP contribution in [0, 0.1) is 5.41 Å². The molecular weight excluding hydrogens is 366 g/mol. The van der Waals surface area contributed by atoms with Crippen LogP contribution in [-0.4, -0.2) is 24.3 Å². The topological polar surface area (TPSA) is 87.3 Å². The SMILES string of the molecule is O=C(CCC1(C(=O)NCc2ccccc2)CCC(=O)NC1)NCc1ccccc1. The molecule has 3 amide bonds. The van der Waals surface area contributed by atoms with E-state index in [1.807, 2.05) is 60.7 Å². The molecule has 29 heavy (non-hydrogen) atoms. The molecule has 6 nitrogen and oxygen atoms in total. The van der Waals surface area contributed by atoms with Crippen molar-refractivity contribution in [3.8, 4) is 0 Å². The fourth-order valence-electron chi connectivity index (χ4n) is 3.52. The molecule has 1 aliphatic rings. The number of benzene rings is 2. The van der Waals surface area contributed by atoms with Crippen molar-refractivity contribution in [2.45, 2.75) is 38.8 Å². The first-order valence-corrected chi connectivity index (χ1v) is 9.97. The maximum Gasteiger partial charge on any atom is 0.228 e. The van der Waals surface area contributed by atoms with Crippen LogP contribution in [0.5, 0.6) is 0 Å². The molecule has 1 unspecified atom stereocenters. The maximum atomic E-state index is 13.0. The van der Waals surface area contributed by atoms with Crippen molar-refractivity contribution in [3.05, 3.63) is 71.8 Å². The number of amides is 3. The molecule has 1 heterocycles. The summed E-state index contributed by atoms with van der Waals surface area (Å²) < 4.78 is 0. The van der Waals surface area contributed by atoms with Crippen LogP contribution in [0.1, 0.15) is 36.8 Å². The average molecular weight is 393 g/mol. The Hall–Kier alpha value is -3.15. The van der Waals surface area contributed by atoms with Gasteiger partial charge in [0.2, 0.25) is 17.7 Å². The third-order valence-electron chi connectivity index (χ3n) is 5.40. The van der Waals surface area contributed by atoms with Crippen molar-refractivity contribution in [1.29, 1.82) is 0 Å². The predicted octanol–water partition coefficient (Wildman–Crippen LogP) is 2.30. The summed E-state index contributed by atoms with van der Waals surface area (Å²) in [4.78, 5) is 37.0. The molecule has 0 radical (unpaired) electrons. The number of nitrogens with one attached hydrogen (secondary N) is 3. The van der Waals surface area contributed by atoms with Crippen molar-refractivity contribution in [2.75, 3.05) is 6.54 Å². The van der Waals surface area contributed by atoms with Crippen molar-refractivity contribution < 1.29 is 14.4 Å². The van der Waals surface area contributed by atoms with Crippen molar-refractivity contribution in [3.63, 3.8) is 0 Å². The molecule has 3 rings (SSSR count). The van der Waals surface area contributed by atoms with Gasteiger partial charge in [-0.2, -0.15) is 0 Å². The second-order valence-electron chi connectivity index (χ2n) is 7.49. The molecule has 2 aromatic carbocycles. The fourth-order valence-corrected chi connectivity index (χ4v) is 3.52. The van der Waals surface area contributed by atoms with Crippen LogP contribution in [-0.2, 0) is 27.5 Å². The average Bonchev–Trinajstić information content (AvgIpc) is 2.77. The lowest BCUT2D eigenvalue weighted by Crippen LogP contribution is -2.52. The van der Waals surface area contributed by atoms with Gasteiger partial charge in [0.1, 0.15) is 0 Å². The maximum absolute atomic E-state index is 13.0. The van der Waals surface area contributed by atoms with Gasteiger partial charge in [-0.15, -0.1) is 0 Å². The molecule has 152 valence electrons. The van der Waals surface area contributed by atoms with E-state index in [-0.39, 0.29) is 30.7 Å².